The van der Waals surface area contributed by atoms with Gasteiger partial charge < -0.3 is 0 Å². The maximum absolute atomic E-state index is 3.85. The Morgan fingerprint density at radius 2 is 1.71 bits per heavy atom. The molecule has 0 heterocycles. The fraction of sp³-hybridized carbons (Fsp3) is 0.857. The van der Waals surface area contributed by atoms with Crippen LogP contribution in [-0.4, -0.2) is 0 Å². The smallest absolute Gasteiger partial charge is 0.0263 e. The third-order valence-electron chi connectivity index (χ3n) is 3.60. The first kappa shape index (κ1) is 11.8. The Hall–Kier alpha value is -0.260. The van der Waals surface area contributed by atoms with Gasteiger partial charge in [0.05, 0.1) is 0 Å². The zero-order valence-corrected chi connectivity index (χ0v) is 9.86. The molecule has 1 fully saturated rings. The monoisotopic (exact) mass is 194 g/mol. The lowest BCUT2D eigenvalue weighted by atomic mass is 9.94. The van der Waals surface area contributed by atoms with E-state index in [2.05, 4.69) is 19.6 Å². The summed E-state index contributed by atoms with van der Waals surface area (Å²) < 4.78 is 0. The molecule has 0 unspecified atom stereocenters. The van der Waals surface area contributed by atoms with Gasteiger partial charge in [0.2, 0.25) is 0 Å². The average Bonchev–Trinajstić information content (AvgIpc) is 2.93. The fourth-order valence-corrected chi connectivity index (χ4v) is 2.32. The molecule has 1 saturated carbocycles. The topological polar surface area (TPSA) is 0 Å². The van der Waals surface area contributed by atoms with Crippen molar-refractivity contribution in [2.45, 2.75) is 71.1 Å². The van der Waals surface area contributed by atoms with E-state index in [1.807, 2.05) is 0 Å². The van der Waals surface area contributed by atoms with E-state index in [9.17, 15) is 0 Å². The van der Waals surface area contributed by atoms with E-state index in [0.29, 0.717) is 0 Å². The van der Waals surface area contributed by atoms with E-state index in [4.69, 9.17) is 0 Å². The van der Waals surface area contributed by atoms with E-state index in [1.54, 1.807) is 0 Å². The van der Waals surface area contributed by atoms with Crippen LogP contribution in [0, 0.1) is 5.41 Å². The Morgan fingerprint density at radius 3 is 2.29 bits per heavy atom. The second-order valence-electron chi connectivity index (χ2n) is 5.01. The summed E-state index contributed by atoms with van der Waals surface area (Å²) >= 11 is 0. The molecule has 0 bridgehead atoms. The predicted octanol–water partition coefficient (Wildman–Crippen LogP) is 5.09. The Morgan fingerprint density at radius 1 is 1.07 bits per heavy atom. The lowest BCUT2D eigenvalue weighted by Crippen LogP contribution is -1.97. The van der Waals surface area contributed by atoms with Crippen molar-refractivity contribution >= 4 is 0 Å². The first-order valence-electron chi connectivity index (χ1n) is 6.44. The summed E-state index contributed by atoms with van der Waals surface area (Å²) in [6.45, 7) is 6.14. The maximum atomic E-state index is 3.85. The van der Waals surface area contributed by atoms with Gasteiger partial charge in [0.15, 0.2) is 0 Å². The van der Waals surface area contributed by atoms with Crippen LogP contribution in [-0.2, 0) is 0 Å². The summed E-state index contributed by atoms with van der Waals surface area (Å²) in [5.41, 5.74) is 0.729. The summed E-state index contributed by atoms with van der Waals surface area (Å²) in [6.07, 6.45) is 16.4. The third kappa shape index (κ3) is 4.30. The Labute approximate surface area is 89.8 Å². The molecule has 1 aliphatic rings. The molecule has 0 spiro atoms. The van der Waals surface area contributed by atoms with Crippen LogP contribution in [0.3, 0.4) is 0 Å². The summed E-state index contributed by atoms with van der Waals surface area (Å²) in [5.74, 6) is 0. The minimum absolute atomic E-state index is 0.729. The van der Waals surface area contributed by atoms with Crippen molar-refractivity contribution in [3.63, 3.8) is 0 Å². The van der Waals surface area contributed by atoms with Gasteiger partial charge in [-0.25, -0.2) is 0 Å². The van der Waals surface area contributed by atoms with Crippen LogP contribution in [0.1, 0.15) is 71.1 Å². The Balaban J connectivity index is 1.91. The molecule has 0 radical (unpaired) electrons. The minimum Gasteiger partial charge on any atom is -0.103 e. The standard InChI is InChI=1S/C14H26/c1-3-5-6-7-8-9-11-14(10-4-2)12-13-14/h4H,2-3,5-13H2,1H3. The zero-order chi connectivity index (χ0) is 10.3. The maximum Gasteiger partial charge on any atom is -0.0263 e. The van der Waals surface area contributed by atoms with E-state index in [1.165, 1.54) is 64.2 Å². The second-order valence-corrected chi connectivity index (χ2v) is 5.01. The molecule has 0 N–H and O–H groups in total. The highest BCUT2D eigenvalue weighted by atomic mass is 14.4. The van der Waals surface area contributed by atoms with Crippen molar-refractivity contribution in [2.75, 3.05) is 0 Å². The predicted molar refractivity (Wildman–Crippen MR) is 64.5 cm³/mol. The highest BCUT2D eigenvalue weighted by Gasteiger charge is 2.39. The number of allylic oxidation sites excluding steroid dienone is 1. The average molecular weight is 194 g/mol. The van der Waals surface area contributed by atoms with Crippen molar-refractivity contribution in [3.05, 3.63) is 12.7 Å². The Kier molecular flexibility index (Phi) is 5.29. The van der Waals surface area contributed by atoms with Crippen molar-refractivity contribution in [3.8, 4) is 0 Å². The molecule has 82 valence electrons. The number of hydrogen-bond donors (Lipinski definition) is 0. The van der Waals surface area contributed by atoms with Gasteiger partial charge in [-0.3, -0.25) is 0 Å². The molecule has 0 nitrogen and oxygen atoms in total. The highest BCUT2D eigenvalue weighted by Crippen LogP contribution is 2.52. The largest absolute Gasteiger partial charge is 0.103 e. The third-order valence-corrected chi connectivity index (χ3v) is 3.60. The summed E-state index contributed by atoms with van der Waals surface area (Å²) in [7, 11) is 0. The van der Waals surface area contributed by atoms with Gasteiger partial charge in [0.1, 0.15) is 0 Å². The molecule has 1 rings (SSSR count). The molecular formula is C14H26. The molecule has 1 aliphatic carbocycles. The lowest BCUT2D eigenvalue weighted by molar-refractivity contribution is 0.436. The number of hydrogen-bond acceptors (Lipinski definition) is 0. The molecule has 0 saturated heterocycles. The molecule has 0 aromatic carbocycles. The van der Waals surface area contributed by atoms with Gasteiger partial charge in [-0.2, -0.15) is 0 Å². The number of unbranched alkanes of at least 4 members (excludes halogenated alkanes) is 5. The molecule has 14 heavy (non-hydrogen) atoms. The molecule has 0 aromatic heterocycles. The summed E-state index contributed by atoms with van der Waals surface area (Å²) in [5, 5.41) is 0. The van der Waals surface area contributed by atoms with Crippen LogP contribution >= 0.6 is 0 Å². The second kappa shape index (κ2) is 6.27. The first-order chi connectivity index (χ1) is 6.83. The van der Waals surface area contributed by atoms with Gasteiger partial charge in [-0.05, 0) is 31.1 Å². The fourth-order valence-electron chi connectivity index (χ4n) is 2.32. The minimum atomic E-state index is 0.729. The zero-order valence-electron chi connectivity index (χ0n) is 9.86. The SMILES string of the molecule is C=CCC1(CCCCCCCC)CC1. The Bertz CT molecular complexity index is 153. The molecule has 0 atom stereocenters. The van der Waals surface area contributed by atoms with Gasteiger partial charge in [0.25, 0.3) is 0 Å². The van der Waals surface area contributed by atoms with Crippen molar-refractivity contribution in [1.82, 2.24) is 0 Å². The van der Waals surface area contributed by atoms with E-state index >= 15 is 0 Å². The molecule has 0 heteroatoms. The van der Waals surface area contributed by atoms with Gasteiger partial charge >= 0.3 is 0 Å². The van der Waals surface area contributed by atoms with Crippen LogP contribution in [0.25, 0.3) is 0 Å². The summed E-state index contributed by atoms with van der Waals surface area (Å²) in [4.78, 5) is 0. The van der Waals surface area contributed by atoms with E-state index in [0.717, 1.165) is 5.41 Å². The van der Waals surface area contributed by atoms with Gasteiger partial charge in [0, 0.05) is 0 Å². The van der Waals surface area contributed by atoms with Crippen LogP contribution in [0.4, 0.5) is 0 Å². The van der Waals surface area contributed by atoms with Crippen LogP contribution < -0.4 is 0 Å². The van der Waals surface area contributed by atoms with Crippen LogP contribution in [0.5, 0.6) is 0 Å². The first-order valence-corrected chi connectivity index (χ1v) is 6.44. The molecule has 0 aromatic rings. The molecule has 0 aliphatic heterocycles. The quantitative estimate of drug-likeness (QED) is 0.354. The highest BCUT2D eigenvalue weighted by molar-refractivity contribution is 4.97. The van der Waals surface area contributed by atoms with E-state index < -0.39 is 0 Å². The van der Waals surface area contributed by atoms with Crippen LogP contribution in [0.15, 0.2) is 12.7 Å². The normalized spacial score (nSPS) is 18.1. The van der Waals surface area contributed by atoms with Crippen LogP contribution in [0.2, 0.25) is 0 Å². The van der Waals surface area contributed by atoms with Gasteiger partial charge in [-0.1, -0.05) is 51.5 Å². The van der Waals surface area contributed by atoms with Crippen molar-refractivity contribution in [2.24, 2.45) is 5.41 Å². The van der Waals surface area contributed by atoms with Crippen molar-refractivity contribution < 1.29 is 0 Å². The number of rotatable bonds is 9. The summed E-state index contributed by atoms with van der Waals surface area (Å²) in [6, 6.07) is 0. The lowest BCUT2D eigenvalue weighted by Gasteiger charge is -2.11. The van der Waals surface area contributed by atoms with Gasteiger partial charge in [-0.15, -0.1) is 6.58 Å². The van der Waals surface area contributed by atoms with Crippen molar-refractivity contribution in [1.29, 1.82) is 0 Å². The molecule has 0 amide bonds. The van der Waals surface area contributed by atoms with E-state index in [-0.39, 0.29) is 0 Å². The molecular weight excluding hydrogens is 168 g/mol.